The number of aromatic nitrogens is 3. The Labute approximate surface area is 145 Å². The van der Waals surface area contributed by atoms with Gasteiger partial charge < -0.3 is 10.2 Å². The van der Waals surface area contributed by atoms with Gasteiger partial charge in [-0.2, -0.15) is 5.10 Å². The van der Waals surface area contributed by atoms with E-state index in [9.17, 15) is 4.79 Å². The number of carbonyl (C=O) groups excluding carboxylic acids is 1. The fourth-order valence-corrected chi connectivity index (χ4v) is 3.13. The van der Waals surface area contributed by atoms with E-state index >= 15 is 0 Å². The van der Waals surface area contributed by atoms with E-state index in [2.05, 4.69) is 20.5 Å². The molecule has 25 heavy (non-hydrogen) atoms. The number of piperazine rings is 1. The van der Waals surface area contributed by atoms with Crippen LogP contribution in [0.4, 0.5) is 0 Å². The third-order valence-corrected chi connectivity index (χ3v) is 4.41. The first kappa shape index (κ1) is 15.5. The van der Waals surface area contributed by atoms with Crippen LogP contribution in [0.15, 0.2) is 60.8 Å². The lowest BCUT2D eigenvalue weighted by Crippen LogP contribution is -2.49. The number of pyridine rings is 1. The summed E-state index contributed by atoms with van der Waals surface area (Å²) < 4.78 is 0. The molecule has 1 aliphatic rings. The van der Waals surface area contributed by atoms with E-state index in [1.54, 1.807) is 6.20 Å². The van der Waals surface area contributed by atoms with Gasteiger partial charge in [-0.25, -0.2) is 0 Å². The summed E-state index contributed by atoms with van der Waals surface area (Å²) in [6.45, 7) is 2.11. The van der Waals surface area contributed by atoms with Gasteiger partial charge in [0.15, 0.2) is 0 Å². The van der Waals surface area contributed by atoms with E-state index in [0.717, 1.165) is 23.5 Å². The quantitative estimate of drug-likeness (QED) is 0.771. The summed E-state index contributed by atoms with van der Waals surface area (Å²) in [6.07, 6.45) is 1.76. The van der Waals surface area contributed by atoms with Gasteiger partial charge in [0.1, 0.15) is 5.69 Å². The SMILES string of the molecule is O=C(c1cc(-c2ccccc2)n[nH]1)N1CCNCC1c1ccccn1. The van der Waals surface area contributed by atoms with E-state index in [1.807, 2.05) is 59.5 Å². The van der Waals surface area contributed by atoms with Crippen LogP contribution in [0.3, 0.4) is 0 Å². The summed E-state index contributed by atoms with van der Waals surface area (Å²) in [5, 5.41) is 10.5. The van der Waals surface area contributed by atoms with Gasteiger partial charge in [-0.1, -0.05) is 36.4 Å². The van der Waals surface area contributed by atoms with Gasteiger partial charge in [0, 0.05) is 31.4 Å². The van der Waals surface area contributed by atoms with Gasteiger partial charge in [0.25, 0.3) is 5.91 Å². The van der Waals surface area contributed by atoms with Crippen LogP contribution in [-0.4, -0.2) is 45.6 Å². The highest BCUT2D eigenvalue weighted by Gasteiger charge is 2.30. The Morgan fingerprint density at radius 1 is 1.12 bits per heavy atom. The summed E-state index contributed by atoms with van der Waals surface area (Å²) >= 11 is 0. The number of hydrogen-bond acceptors (Lipinski definition) is 4. The number of carbonyl (C=O) groups is 1. The number of amides is 1. The molecule has 1 unspecified atom stereocenters. The molecule has 1 fully saturated rings. The van der Waals surface area contributed by atoms with E-state index in [-0.39, 0.29) is 11.9 Å². The lowest BCUT2D eigenvalue weighted by molar-refractivity contribution is 0.0623. The first-order chi connectivity index (χ1) is 12.3. The summed E-state index contributed by atoms with van der Waals surface area (Å²) in [6, 6.07) is 17.4. The highest BCUT2D eigenvalue weighted by molar-refractivity contribution is 5.93. The lowest BCUT2D eigenvalue weighted by Gasteiger charge is -2.35. The van der Waals surface area contributed by atoms with Gasteiger partial charge in [-0.3, -0.25) is 14.9 Å². The number of nitrogens with zero attached hydrogens (tertiary/aromatic N) is 3. The fourth-order valence-electron chi connectivity index (χ4n) is 3.13. The Morgan fingerprint density at radius 3 is 2.76 bits per heavy atom. The van der Waals surface area contributed by atoms with Gasteiger partial charge in [-0.05, 0) is 18.2 Å². The summed E-state index contributed by atoms with van der Waals surface area (Å²) in [5.74, 6) is -0.0492. The molecule has 0 radical (unpaired) electrons. The molecule has 3 heterocycles. The van der Waals surface area contributed by atoms with Crippen molar-refractivity contribution in [2.45, 2.75) is 6.04 Å². The molecule has 1 saturated heterocycles. The van der Waals surface area contributed by atoms with Crippen LogP contribution in [0, 0.1) is 0 Å². The minimum absolute atomic E-state index is 0.0492. The van der Waals surface area contributed by atoms with Gasteiger partial charge in [0.05, 0.1) is 17.4 Å². The summed E-state index contributed by atoms with van der Waals surface area (Å²) in [4.78, 5) is 19.3. The summed E-state index contributed by atoms with van der Waals surface area (Å²) in [7, 11) is 0. The number of aromatic amines is 1. The molecule has 6 heteroatoms. The number of hydrogen-bond donors (Lipinski definition) is 2. The number of benzene rings is 1. The Balaban J connectivity index is 1.60. The average molecular weight is 333 g/mol. The van der Waals surface area contributed by atoms with Crippen LogP contribution in [0.2, 0.25) is 0 Å². The monoisotopic (exact) mass is 333 g/mol. The van der Waals surface area contributed by atoms with E-state index in [0.29, 0.717) is 18.8 Å². The normalized spacial score (nSPS) is 17.4. The Hall–Kier alpha value is -2.99. The van der Waals surface area contributed by atoms with Crippen molar-refractivity contribution >= 4 is 5.91 Å². The van der Waals surface area contributed by atoms with E-state index in [4.69, 9.17) is 0 Å². The minimum atomic E-state index is -0.0778. The topological polar surface area (TPSA) is 73.9 Å². The zero-order valence-electron chi connectivity index (χ0n) is 13.7. The minimum Gasteiger partial charge on any atom is -0.326 e. The zero-order chi connectivity index (χ0) is 17.1. The molecule has 0 aliphatic carbocycles. The average Bonchev–Trinajstić information content (AvgIpc) is 3.19. The molecule has 0 saturated carbocycles. The number of rotatable bonds is 3. The van der Waals surface area contributed by atoms with Crippen molar-refractivity contribution in [2.75, 3.05) is 19.6 Å². The second-order valence-corrected chi connectivity index (χ2v) is 6.01. The van der Waals surface area contributed by atoms with Gasteiger partial charge in [0.2, 0.25) is 0 Å². The molecule has 2 aromatic heterocycles. The standard InChI is InChI=1S/C19H19N5O/c25-19(17-12-16(22-23-17)14-6-2-1-3-7-14)24-11-10-20-13-18(24)15-8-4-5-9-21-15/h1-9,12,18,20H,10-11,13H2,(H,22,23). The van der Waals surface area contributed by atoms with Crippen LogP contribution < -0.4 is 5.32 Å². The van der Waals surface area contributed by atoms with Crippen LogP contribution in [-0.2, 0) is 0 Å². The molecule has 1 atom stereocenters. The van der Waals surface area contributed by atoms with Crippen molar-refractivity contribution < 1.29 is 4.79 Å². The molecule has 3 aromatic rings. The zero-order valence-corrected chi connectivity index (χ0v) is 13.7. The maximum atomic E-state index is 13.0. The van der Waals surface area contributed by atoms with Crippen molar-refractivity contribution in [3.63, 3.8) is 0 Å². The maximum absolute atomic E-state index is 13.0. The second kappa shape index (κ2) is 6.86. The van der Waals surface area contributed by atoms with Crippen LogP contribution >= 0.6 is 0 Å². The predicted octanol–water partition coefficient (Wildman–Crippen LogP) is 2.26. The van der Waals surface area contributed by atoms with Crippen molar-refractivity contribution in [3.8, 4) is 11.3 Å². The molecule has 6 nitrogen and oxygen atoms in total. The Morgan fingerprint density at radius 2 is 1.96 bits per heavy atom. The lowest BCUT2D eigenvalue weighted by atomic mass is 10.1. The molecule has 126 valence electrons. The highest BCUT2D eigenvalue weighted by Crippen LogP contribution is 2.24. The van der Waals surface area contributed by atoms with E-state index < -0.39 is 0 Å². The molecule has 2 N–H and O–H groups in total. The second-order valence-electron chi connectivity index (χ2n) is 6.01. The molecule has 0 bridgehead atoms. The molecule has 1 amide bonds. The maximum Gasteiger partial charge on any atom is 0.272 e. The molecular formula is C19H19N5O. The van der Waals surface area contributed by atoms with Crippen LogP contribution in [0.5, 0.6) is 0 Å². The smallest absolute Gasteiger partial charge is 0.272 e. The molecule has 1 aromatic carbocycles. The van der Waals surface area contributed by atoms with E-state index in [1.165, 1.54) is 0 Å². The van der Waals surface area contributed by atoms with Crippen molar-refractivity contribution in [1.82, 2.24) is 25.4 Å². The largest absolute Gasteiger partial charge is 0.326 e. The van der Waals surface area contributed by atoms with Gasteiger partial charge in [-0.15, -0.1) is 0 Å². The van der Waals surface area contributed by atoms with Crippen molar-refractivity contribution in [3.05, 3.63) is 72.2 Å². The molecule has 4 rings (SSSR count). The van der Waals surface area contributed by atoms with Crippen molar-refractivity contribution in [1.29, 1.82) is 0 Å². The fraction of sp³-hybridized carbons (Fsp3) is 0.211. The van der Waals surface area contributed by atoms with Gasteiger partial charge >= 0.3 is 0 Å². The third kappa shape index (κ3) is 3.16. The summed E-state index contributed by atoms with van der Waals surface area (Å²) in [5.41, 5.74) is 3.15. The molecule has 0 spiro atoms. The molecular weight excluding hydrogens is 314 g/mol. The van der Waals surface area contributed by atoms with Crippen LogP contribution in [0.1, 0.15) is 22.2 Å². The van der Waals surface area contributed by atoms with Crippen LogP contribution in [0.25, 0.3) is 11.3 Å². The van der Waals surface area contributed by atoms with Crippen molar-refractivity contribution in [2.24, 2.45) is 0 Å². The molecule has 1 aliphatic heterocycles. The predicted molar refractivity (Wildman–Crippen MR) is 94.9 cm³/mol. The Bertz CT molecular complexity index is 847. The number of nitrogens with one attached hydrogen (secondary N) is 2. The first-order valence-electron chi connectivity index (χ1n) is 8.36. The Kier molecular flexibility index (Phi) is 4.26. The first-order valence-corrected chi connectivity index (χ1v) is 8.36. The number of H-pyrrole nitrogens is 1. The highest BCUT2D eigenvalue weighted by atomic mass is 16.2. The third-order valence-electron chi connectivity index (χ3n) is 4.41.